The predicted molar refractivity (Wildman–Crippen MR) is 57.0 cm³/mol. The van der Waals surface area contributed by atoms with Crippen LogP contribution in [0.5, 0.6) is 0 Å². The number of likely N-dealkylation sites (N-methyl/N-ethyl adjacent to an activating group) is 1. The van der Waals surface area contributed by atoms with Gasteiger partial charge in [0, 0.05) is 7.05 Å². The molecule has 0 aromatic carbocycles. The van der Waals surface area contributed by atoms with E-state index in [0.29, 0.717) is 17.0 Å². The number of esters is 1. The summed E-state index contributed by atoms with van der Waals surface area (Å²) in [5.41, 5.74) is 1.27. The van der Waals surface area contributed by atoms with Crippen LogP contribution in [-0.2, 0) is 9.53 Å². The molecule has 0 radical (unpaired) electrons. The van der Waals surface area contributed by atoms with Gasteiger partial charge in [0.2, 0.25) is 0 Å². The highest BCUT2D eigenvalue weighted by atomic mass is 16.5. The second-order valence-corrected chi connectivity index (χ2v) is 3.23. The number of hydrogen-bond acceptors (Lipinski definition) is 6. The molecule has 0 unspecified atom stereocenters. The molecule has 0 saturated heterocycles. The first-order valence-electron chi connectivity index (χ1n) is 4.64. The highest BCUT2D eigenvalue weighted by molar-refractivity contribution is 5.85. The first-order chi connectivity index (χ1) is 7.72. The molecule has 0 spiro atoms. The number of aromatic nitrogens is 4. The first kappa shape index (κ1) is 10.3. The van der Waals surface area contributed by atoms with Crippen molar-refractivity contribution < 1.29 is 9.53 Å². The van der Waals surface area contributed by atoms with Gasteiger partial charge in [-0.15, -0.1) is 0 Å². The number of hydrogen-bond donors (Lipinski definition) is 1. The number of imidazole rings is 1. The zero-order valence-electron chi connectivity index (χ0n) is 8.97. The molecule has 2 aromatic rings. The van der Waals surface area contributed by atoms with Crippen molar-refractivity contribution in [3.05, 3.63) is 12.7 Å². The molecule has 0 atom stereocenters. The lowest BCUT2D eigenvalue weighted by molar-refractivity contribution is -0.138. The SMILES string of the molecule is COC(=O)CN(C)c1ncnc2nc[nH]c12. The van der Waals surface area contributed by atoms with E-state index in [-0.39, 0.29) is 12.5 Å². The number of H-pyrrole nitrogens is 1. The third-order valence-electron chi connectivity index (χ3n) is 2.16. The average Bonchev–Trinajstić information content (AvgIpc) is 2.76. The van der Waals surface area contributed by atoms with Gasteiger partial charge in [0.25, 0.3) is 0 Å². The van der Waals surface area contributed by atoms with E-state index in [4.69, 9.17) is 0 Å². The summed E-state index contributed by atoms with van der Waals surface area (Å²) in [6.07, 6.45) is 2.95. The van der Waals surface area contributed by atoms with Crippen molar-refractivity contribution in [3.8, 4) is 0 Å². The Bertz CT molecular complexity index is 509. The standard InChI is InChI=1S/C9H11N5O2/c1-14(3-6(15)16-2)9-7-8(11-4-10-7)12-5-13-9/h4-5H,3H2,1-2H3,(H,10,11,12,13). The van der Waals surface area contributed by atoms with Gasteiger partial charge in [-0.05, 0) is 0 Å². The van der Waals surface area contributed by atoms with Crippen molar-refractivity contribution in [1.82, 2.24) is 19.9 Å². The molecule has 7 nitrogen and oxygen atoms in total. The summed E-state index contributed by atoms with van der Waals surface area (Å²) in [5.74, 6) is 0.293. The third kappa shape index (κ3) is 1.79. The summed E-state index contributed by atoms with van der Waals surface area (Å²) in [6, 6.07) is 0. The zero-order valence-corrected chi connectivity index (χ0v) is 8.97. The zero-order chi connectivity index (χ0) is 11.5. The van der Waals surface area contributed by atoms with E-state index < -0.39 is 0 Å². The average molecular weight is 221 g/mol. The fourth-order valence-corrected chi connectivity index (χ4v) is 1.37. The van der Waals surface area contributed by atoms with Crippen molar-refractivity contribution in [2.45, 2.75) is 0 Å². The fourth-order valence-electron chi connectivity index (χ4n) is 1.37. The van der Waals surface area contributed by atoms with Crippen LogP contribution in [0.2, 0.25) is 0 Å². The number of nitrogens with zero attached hydrogens (tertiary/aromatic N) is 4. The normalized spacial score (nSPS) is 10.4. The molecule has 2 heterocycles. The van der Waals surface area contributed by atoms with Gasteiger partial charge in [-0.2, -0.15) is 0 Å². The Morgan fingerprint density at radius 2 is 2.31 bits per heavy atom. The predicted octanol–water partition coefficient (Wildman–Crippen LogP) is -0.0379. The van der Waals surface area contributed by atoms with Crippen LogP contribution in [0.1, 0.15) is 0 Å². The van der Waals surface area contributed by atoms with Gasteiger partial charge in [0.05, 0.1) is 13.4 Å². The second kappa shape index (κ2) is 4.13. The number of rotatable bonds is 3. The maximum atomic E-state index is 11.1. The molecule has 0 amide bonds. The summed E-state index contributed by atoms with van der Waals surface area (Å²) >= 11 is 0. The maximum Gasteiger partial charge on any atom is 0.325 e. The number of nitrogens with one attached hydrogen (secondary N) is 1. The summed E-state index contributed by atoms with van der Waals surface area (Å²) in [4.78, 5) is 27.8. The Labute approximate surface area is 91.5 Å². The summed E-state index contributed by atoms with van der Waals surface area (Å²) < 4.78 is 4.59. The Balaban J connectivity index is 2.32. The highest BCUT2D eigenvalue weighted by Crippen LogP contribution is 2.17. The highest BCUT2D eigenvalue weighted by Gasteiger charge is 2.13. The molecule has 1 N–H and O–H groups in total. The van der Waals surface area contributed by atoms with Crippen LogP contribution in [0.4, 0.5) is 5.82 Å². The molecular formula is C9H11N5O2. The summed E-state index contributed by atoms with van der Waals surface area (Å²) in [6.45, 7) is 0.127. The van der Waals surface area contributed by atoms with Gasteiger partial charge in [-0.3, -0.25) is 4.79 Å². The molecule has 7 heteroatoms. The van der Waals surface area contributed by atoms with E-state index in [2.05, 4.69) is 24.7 Å². The van der Waals surface area contributed by atoms with Crippen LogP contribution in [0.3, 0.4) is 0 Å². The minimum atomic E-state index is -0.325. The van der Waals surface area contributed by atoms with E-state index >= 15 is 0 Å². The number of carbonyl (C=O) groups is 1. The lowest BCUT2D eigenvalue weighted by Gasteiger charge is -2.16. The Morgan fingerprint density at radius 1 is 1.50 bits per heavy atom. The van der Waals surface area contributed by atoms with Crippen LogP contribution in [0, 0.1) is 0 Å². The molecule has 0 fully saturated rings. The van der Waals surface area contributed by atoms with E-state index in [0.717, 1.165) is 0 Å². The molecule has 84 valence electrons. The van der Waals surface area contributed by atoms with Gasteiger partial charge in [0.15, 0.2) is 11.5 Å². The lowest BCUT2D eigenvalue weighted by Crippen LogP contribution is -2.27. The van der Waals surface area contributed by atoms with Crippen LogP contribution in [0.15, 0.2) is 12.7 Å². The van der Waals surface area contributed by atoms with Crippen molar-refractivity contribution in [2.75, 3.05) is 25.6 Å². The molecular weight excluding hydrogens is 210 g/mol. The number of methoxy groups -OCH3 is 1. The number of anilines is 1. The summed E-state index contributed by atoms with van der Waals surface area (Å²) in [7, 11) is 3.10. The fraction of sp³-hybridized carbons (Fsp3) is 0.333. The molecule has 2 aromatic heterocycles. The van der Waals surface area contributed by atoms with Crippen LogP contribution in [-0.4, -0.2) is 46.6 Å². The minimum absolute atomic E-state index is 0.127. The largest absolute Gasteiger partial charge is 0.468 e. The molecule has 2 rings (SSSR count). The van der Waals surface area contributed by atoms with E-state index in [1.165, 1.54) is 19.8 Å². The number of ether oxygens (including phenoxy) is 1. The number of carbonyl (C=O) groups excluding carboxylic acids is 1. The quantitative estimate of drug-likeness (QED) is 0.732. The molecule has 0 bridgehead atoms. The smallest absolute Gasteiger partial charge is 0.325 e. The summed E-state index contributed by atoms with van der Waals surface area (Å²) in [5, 5.41) is 0. The van der Waals surface area contributed by atoms with Crippen molar-refractivity contribution >= 4 is 23.0 Å². The van der Waals surface area contributed by atoms with Gasteiger partial charge < -0.3 is 14.6 Å². The molecule has 0 aliphatic heterocycles. The van der Waals surface area contributed by atoms with E-state index in [1.807, 2.05) is 0 Å². The maximum absolute atomic E-state index is 11.1. The first-order valence-corrected chi connectivity index (χ1v) is 4.64. The van der Waals surface area contributed by atoms with Crippen molar-refractivity contribution in [1.29, 1.82) is 0 Å². The monoisotopic (exact) mass is 221 g/mol. The number of fused-ring (bicyclic) bond motifs is 1. The minimum Gasteiger partial charge on any atom is -0.468 e. The second-order valence-electron chi connectivity index (χ2n) is 3.23. The van der Waals surface area contributed by atoms with E-state index in [1.54, 1.807) is 11.9 Å². The molecule has 0 aliphatic rings. The van der Waals surface area contributed by atoms with Crippen LogP contribution >= 0.6 is 0 Å². The van der Waals surface area contributed by atoms with Crippen molar-refractivity contribution in [2.24, 2.45) is 0 Å². The lowest BCUT2D eigenvalue weighted by atomic mass is 10.4. The Morgan fingerprint density at radius 3 is 3.06 bits per heavy atom. The van der Waals surface area contributed by atoms with Gasteiger partial charge in [-0.25, -0.2) is 15.0 Å². The molecule has 0 aliphatic carbocycles. The molecule has 16 heavy (non-hydrogen) atoms. The van der Waals surface area contributed by atoms with Gasteiger partial charge in [-0.1, -0.05) is 0 Å². The topological polar surface area (TPSA) is 84.0 Å². The Hall–Kier alpha value is -2.18. The molecule has 0 saturated carbocycles. The number of aromatic amines is 1. The van der Waals surface area contributed by atoms with Gasteiger partial charge in [0.1, 0.15) is 18.4 Å². The van der Waals surface area contributed by atoms with Crippen molar-refractivity contribution in [3.63, 3.8) is 0 Å². The van der Waals surface area contributed by atoms with Crippen LogP contribution in [0.25, 0.3) is 11.2 Å². The van der Waals surface area contributed by atoms with Crippen LogP contribution < -0.4 is 4.90 Å². The third-order valence-corrected chi connectivity index (χ3v) is 2.16. The Kier molecular flexibility index (Phi) is 2.67. The van der Waals surface area contributed by atoms with Gasteiger partial charge >= 0.3 is 5.97 Å². The van der Waals surface area contributed by atoms with E-state index in [9.17, 15) is 4.79 Å².